The molecule has 0 spiro atoms. The third-order valence-electron chi connectivity index (χ3n) is 2.10. The zero-order valence-electron chi connectivity index (χ0n) is 7.26. The molecule has 1 nitrogen and oxygen atoms in total. The monoisotopic (exact) mass is 334 g/mol. The molecule has 2 rings (SSSR count). The number of alkyl halides is 1. The van der Waals surface area contributed by atoms with Gasteiger partial charge in [-0.1, -0.05) is 28.1 Å². The SMILES string of the molecule is OCc1cccc2sc(CBr)c(Br)c12. The summed E-state index contributed by atoms with van der Waals surface area (Å²) in [6.45, 7) is 0.0917. The Kier molecular flexibility index (Phi) is 3.27. The van der Waals surface area contributed by atoms with Crippen LogP contribution in [0.2, 0.25) is 0 Å². The largest absolute Gasteiger partial charge is 0.392 e. The van der Waals surface area contributed by atoms with Crippen molar-refractivity contribution in [2.75, 3.05) is 0 Å². The van der Waals surface area contributed by atoms with Crippen LogP contribution in [-0.2, 0) is 11.9 Å². The minimum Gasteiger partial charge on any atom is -0.392 e. The topological polar surface area (TPSA) is 20.2 Å². The first kappa shape index (κ1) is 10.6. The molecule has 14 heavy (non-hydrogen) atoms. The number of thiophene rings is 1. The standard InChI is InChI=1S/C10H8Br2OS/c11-4-8-10(12)9-6(5-13)2-1-3-7(9)14-8/h1-3,13H,4-5H2. The summed E-state index contributed by atoms with van der Waals surface area (Å²) >= 11 is 8.77. The van der Waals surface area contributed by atoms with E-state index < -0.39 is 0 Å². The molecule has 1 aromatic heterocycles. The normalized spacial score (nSPS) is 11.1. The third-order valence-corrected chi connectivity index (χ3v) is 5.33. The van der Waals surface area contributed by atoms with Crippen LogP contribution in [0.5, 0.6) is 0 Å². The van der Waals surface area contributed by atoms with E-state index in [4.69, 9.17) is 0 Å². The summed E-state index contributed by atoms with van der Waals surface area (Å²) in [5, 5.41) is 11.2. The second-order valence-corrected chi connectivity index (χ2v) is 5.41. The summed E-state index contributed by atoms with van der Waals surface area (Å²) in [4.78, 5) is 1.26. The molecule has 1 heterocycles. The Morgan fingerprint density at radius 3 is 2.79 bits per heavy atom. The molecule has 0 fully saturated rings. The Hall–Kier alpha value is 0.1000. The Bertz CT molecular complexity index is 464. The maximum atomic E-state index is 9.21. The van der Waals surface area contributed by atoms with Gasteiger partial charge in [0, 0.05) is 24.8 Å². The van der Waals surface area contributed by atoms with Gasteiger partial charge in [0.15, 0.2) is 0 Å². The summed E-state index contributed by atoms with van der Waals surface area (Å²) in [5.41, 5.74) is 0.984. The van der Waals surface area contributed by atoms with E-state index in [2.05, 4.69) is 37.9 Å². The molecule has 4 heteroatoms. The molecule has 0 unspecified atom stereocenters. The summed E-state index contributed by atoms with van der Waals surface area (Å²) in [6, 6.07) is 6.02. The molecule has 2 aromatic rings. The Balaban J connectivity index is 2.79. The molecular formula is C10H8Br2OS. The van der Waals surface area contributed by atoms with Crippen LogP contribution in [-0.4, -0.2) is 5.11 Å². The first-order chi connectivity index (χ1) is 6.77. The van der Waals surface area contributed by atoms with Gasteiger partial charge in [0.25, 0.3) is 0 Å². The lowest BCUT2D eigenvalue weighted by atomic mass is 10.1. The minimum absolute atomic E-state index is 0.0917. The van der Waals surface area contributed by atoms with Crippen molar-refractivity contribution < 1.29 is 5.11 Å². The lowest BCUT2D eigenvalue weighted by molar-refractivity contribution is 0.283. The van der Waals surface area contributed by atoms with Crippen molar-refractivity contribution >= 4 is 53.3 Å². The van der Waals surface area contributed by atoms with Gasteiger partial charge in [-0.15, -0.1) is 11.3 Å². The molecule has 0 bridgehead atoms. The van der Waals surface area contributed by atoms with Crippen molar-refractivity contribution in [2.24, 2.45) is 0 Å². The zero-order chi connectivity index (χ0) is 10.1. The number of aliphatic hydroxyl groups excluding tert-OH is 1. The van der Waals surface area contributed by atoms with Crippen LogP contribution >= 0.6 is 43.2 Å². The number of halogens is 2. The van der Waals surface area contributed by atoms with E-state index in [0.717, 1.165) is 20.8 Å². The highest BCUT2D eigenvalue weighted by atomic mass is 79.9. The number of benzene rings is 1. The van der Waals surface area contributed by atoms with E-state index in [9.17, 15) is 5.11 Å². The highest BCUT2D eigenvalue weighted by Crippen LogP contribution is 2.38. The van der Waals surface area contributed by atoms with E-state index in [1.54, 1.807) is 11.3 Å². The van der Waals surface area contributed by atoms with E-state index in [1.165, 1.54) is 9.58 Å². The number of hydrogen-bond donors (Lipinski definition) is 1. The molecule has 0 atom stereocenters. The van der Waals surface area contributed by atoms with Crippen LogP contribution < -0.4 is 0 Å². The van der Waals surface area contributed by atoms with Crippen molar-refractivity contribution in [1.82, 2.24) is 0 Å². The van der Waals surface area contributed by atoms with Crippen LogP contribution in [0.25, 0.3) is 10.1 Å². The quantitative estimate of drug-likeness (QED) is 0.821. The van der Waals surface area contributed by atoms with E-state index in [-0.39, 0.29) is 6.61 Å². The van der Waals surface area contributed by atoms with Crippen LogP contribution in [0, 0.1) is 0 Å². The van der Waals surface area contributed by atoms with Crippen LogP contribution in [0.4, 0.5) is 0 Å². The van der Waals surface area contributed by atoms with Crippen molar-refractivity contribution in [1.29, 1.82) is 0 Å². The van der Waals surface area contributed by atoms with Crippen molar-refractivity contribution in [2.45, 2.75) is 11.9 Å². The first-order valence-corrected chi connectivity index (χ1v) is 6.86. The molecule has 1 N–H and O–H groups in total. The molecule has 0 amide bonds. The Morgan fingerprint density at radius 2 is 2.14 bits per heavy atom. The van der Waals surface area contributed by atoms with Gasteiger partial charge < -0.3 is 5.11 Å². The van der Waals surface area contributed by atoms with Gasteiger partial charge in [0.2, 0.25) is 0 Å². The van der Waals surface area contributed by atoms with Gasteiger partial charge >= 0.3 is 0 Å². The average molecular weight is 336 g/mol. The number of rotatable bonds is 2. The molecule has 0 aliphatic rings. The predicted molar refractivity (Wildman–Crippen MR) is 68.1 cm³/mol. The lowest BCUT2D eigenvalue weighted by Gasteiger charge is -1.98. The number of fused-ring (bicyclic) bond motifs is 1. The molecular weight excluding hydrogens is 328 g/mol. The maximum Gasteiger partial charge on any atom is 0.0688 e. The summed E-state index contributed by atoms with van der Waals surface area (Å²) in [5.74, 6) is 0. The van der Waals surface area contributed by atoms with Gasteiger partial charge in [-0.3, -0.25) is 0 Å². The molecule has 0 aliphatic heterocycles. The fourth-order valence-corrected chi connectivity index (χ4v) is 4.42. The van der Waals surface area contributed by atoms with Gasteiger partial charge in [0.1, 0.15) is 0 Å². The smallest absolute Gasteiger partial charge is 0.0688 e. The summed E-state index contributed by atoms with van der Waals surface area (Å²) in [7, 11) is 0. The fraction of sp³-hybridized carbons (Fsp3) is 0.200. The average Bonchev–Trinajstić information content (AvgIpc) is 2.55. The van der Waals surface area contributed by atoms with Crippen molar-refractivity contribution in [3.63, 3.8) is 0 Å². The summed E-state index contributed by atoms with van der Waals surface area (Å²) in [6.07, 6.45) is 0. The van der Waals surface area contributed by atoms with Crippen LogP contribution in [0.1, 0.15) is 10.4 Å². The second kappa shape index (κ2) is 4.31. The predicted octanol–water partition coefficient (Wildman–Crippen LogP) is 4.05. The van der Waals surface area contributed by atoms with Crippen molar-refractivity contribution in [3.8, 4) is 0 Å². The second-order valence-electron chi connectivity index (χ2n) is 2.92. The van der Waals surface area contributed by atoms with Gasteiger partial charge in [0.05, 0.1) is 6.61 Å². The molecule has 74 valence electrons. The highest BCUT2D eigenvalue weighted by molar-refractivity contribution is 9.11. The lowest BCUT2D eigenvalue weighted by Crippen LogP contribution is -1.83. The fourth-order valence-electron chi connectivity index (χ4n) is 1.45. The van der Waals surface area contributed by atoms with E-state index >= 15 is 0 Å². The van der Waals surface area contributed by atoms with Crippen LogP contribution in [0.15, 0.2) is 22.7 Å². The number of hydrogen-bond acceptors (Lipinski definition) is 2. The molecule has 0 aliphatic carbocycles. The third kappa shape index (κ3) is 1.65. The molecule has 0 saturated carbocycles. The molecule has 0 radical (unpaired) electrons. The van der Waals surface area contributed by atoms with Crippen molar-refractivity contribution in [3.05, 3.63) is 33.1 Å². The minimum atomic E-state index is 0.0917. The molecule has 1 aromatic carbocycles. The van der Waals surface area contributed by atoms with Gasteiger partial charge in [-0.2, -0.15) is 0 Å². The van der Waals surface area contributed by atoms with E-state index in [1.807, 2.05) is 12.1 Å². The van der Waals surface area contributed by atoms with Gasteiger partial charge in [-0.25, -0.2) is 0 Å². The maximum absolute atomic E-state index is 9.21. The molecule has 0 saturated heterocycles. The zero-order valence-corrected chi connectivity index (χ0v) is 11.2. The van der Waals surface area contributed by atoms with Gasteiger partial charge in [-0.05, 0) is 27.6 Å². The number of aliphatic hydroxyl groups is 1. The van der Waals surface area contributed by atoms with E-state index in [0.29, 0.717) is 0 Å². The Morgan fingerprint density at radius 1 is 1.36 bits per heavy atom. The highest BCUT2D eigenvalue weighted by Gasteiger charge is 2.11. The Labute approximate surface area is 103 Å². The summed E-state index contributed by atoms with van der Waals surface area (Å²) < 4.78 is 2.33. The van der Waals surface area contributed by atoms with Crippen LogP contribution in [0.3, 0.4) is 0 Å². The first-order valence-electron chi connectivity index (χ1n) is 4.13.